The molecule has 1 amide bonds. The van der Waals surface area contributed by atoms with Crippen LogP contribution in [0, 0.1) is 0 Å². The zero-order chi connectivity index (χ0) is 14.3. The minimum Gasteiger partial charge on any atom is -0.351 e. The predicted octanol–water partition coefficient (Wildman–Crippen LogP) is 2.34. The van der Waals surface area contributed by atoms with Crippen molar-refractivity contribution in [2.75, 3.05) is 13.1 Å². The summed E-state index contributed by atoms with van der Waals surface area (Å²) in [5, 5.41) is 2.83. The van der Waals surface area contributed by atoms with Gasteiger partial charge in [0, 0.05) is 13.1 Å². The molecule has 3 N–H and O–H groups in total. The Bertz CT molecular complexity index is 410. The summed E-state index contributed by atoms with van der Waals surface area (Å²) in [6, 6.07) is 7.85. The summed E-state index contributed by atoms with van der Waals surface area (Å²) in [6.45, 7) is 9.58. The van der Waals surface area contributed by atoms with Crippen molar-refractivity contribution >= 4 is 30.7 Å². The molecule has 1 aromatic rings. The molecule has 0 heterocycles. The van der Waals surface area contributed by atoms with Gasteiger partial charge < -0.3 is 11.1 Å². The zero-order valence-electron chi connectivity index (χ0n) is 13.0. The number of carbonyl (C=O) groups is 1. The summed E-state index contributed by atoms with van der Waals surface area (Å²) in [5.74, 6) is -0.117. The van der Waals surface area contributed by atoms with Gasteiger partial charge in [0.1, 0.15) is 0 Å². The molecule has 0 aromatic heterocycles. The molecule has 0 saturated heterocycles. The van der Waals surface area contributed by atoms with Crippen molar-refractivity contribution < 1.29 is 4.79 Å². The highest BCUT2D eigenvalue weighted by Crippen LogP contribution is 2.08. The Hall–Kier alpha value is -0.810. The van der Waals surface area contributed by atoms with Crippen LogP contribution in [-0.2, 0) is 17.9 Å². The maximum Gasteiger partial charge on any atom is 0.236 e. The van der Waals surface area contributed by atoms with Gasteiger partial charge in [0.05, 0.1) is 6.04 Å². The van der Waals surface area contributed by atoms with Crippen molar-refractivity contribution in [2.24, 2.45) is 5.73 Å². The predicted molar refractivity (Wildman–Crippen MR) is 93.1 cm³/mol. The first-order valence-electron chi connectivity index (χ1n) is 6.90. The van der Waals surface area contributed by atoms with Gasteiger partial charge in [-0.25, -0.2) is 0 Å². The van der Waals surface area contributed by atoms with Gasteiger partial charge in [-0.1, -0.05) is 38.1 Å². The van der Waals surface area contributed by atoms with Crippen LogP contribution in [0.3, 0.4) is 0 Å². The molecule has 21 heavy (non-hydrogen) atoms. The number of hydrogen-bond acceptors (Lipinski definition) is 3. The lowest BCUT2D eigenvalue weighted by molar-refractivity contribution is -0.122. The van der Waals surface area contributed by atoms with E-state index in [1.54, 1.807) is 6.92 Å². The first kappa shape index (κ1) is 22.5. The van der Waals surface area contributed by atoms with E-state index in [2.05, 4.69) is 36.2 Å². The Morgan fingerprint density at radius 2 is 1.81 bits per heavy atom. The van der Waals surface area contributed by atoms with Gasteiger partial charge in [0.15, 0.2) is 0 Å². The molecule has 6 heteroatoms. The molecule has 0 bridgehead atoms. The third kappa shape index (κ3) is 8.27. The van der Waals surface area contributed by atoms with E-state index < -0.39 is 6.04 Å². The van der Waals surface area contributed by atoms with Gasteiger partial charge in [-0.2, -0.15) is 0 Å². The lowest BCUT2D eigenvalue weighted by Gasteiger charge is -2.18. The maximum absolute atomic E-state index is 11.4. The van der Waals surface area contributed by atoms with Crippen molar-refractivity contribution in [1.82, 2.24) is 10.2 Å². The molecule has 0 fully saturated rings. The number of nitrogens with two attached hydrogens (primary N) is 1. The van der Waals surface area contributed by atoms with Crippen molar-refractivity contribution in [1.29, 1.82) is 0 Å². The van der Waals surface area contributed by atoms with Gasteiger partial charge in [-0.15, -0.1) is 24.8 Å². The number of halogens is 2. The van der Waals surface area contributed by atoms with Crippen LogP contribution in [0.15, 0.2) is 24.3 Å². The van der Waals surface area contributed by atoms with Crippen LogP contribution in [0.1, 0.15) is 31.9 Å². The van der Waals surface area contributed by atoms with Crippen molar-refractivity contribution in [2.45, 2.75) is 39.9 Å². The van der Waals surface area contributed by atoms with Gasteiger partial charge >= 0.3 is 0 Å². The molecule has 0 aliphatic carbocycles. The molecular weight excluding hydrogens is 309 g/mol. The van der Waals surface area contributed by atoms with E-state index in [1.165, 1.54) is 5.56 Å². The minimum absolute atomic E-state index is 0. The highest BCUT2D eigenvalue weighted by atomic mass is 35.5. The van der Waals surface area contributed by atoms with Crippen LogP contribution in [0.4, 0.5) is 0 Å². The van der Waals surface area contributed by atoms with Crippen LogP contribution in [-0.4, -0.2) is 29.9 Å². The zero-order valence-corrected chi connectivity index (χ0v) is 14.6. The Labute approximate surface area is 140 Å². The second kappa shape index (κ2) is 11.8. The average molecular weight is 336 g/mol. The summed E-state index contributed by atoms with van der Waals surface area (Å²) in [4.78, 5) is 13.8. The van der Waals surface area contributed by atoms with Crippen molar-refractivity contribution in [3.8, 4) is 0 Å². The van der Waals surface area contributed by atoms with E-state index >= 15 is 0 Å². The largest absolute Gasteiger partial charge is 0.351 e. The van der Waals surface area contributed by atoms with Crippen LogP contribution in [0.5, 0.6) is 0 Å². The molecule has 0 unspecified atom stereocenters. The number of amides is 1. The third-order valence-corrected chi connectivity index (χ3v) is 3.17. The molecule has 1 atom stereocenters. The quantitative estimate of drug-likeness (QED) is 0.803. The number of rotatable bonds is 7. The summed E-state index contributed by atoms with van der Waals surface area (Å²) in [6.07, 6.45) is 0. The summed E-state index contributed by atoms with van der Waals surface area (Å²) < 4.78 is 0. The SMILES string of the molecule is CCN(CC)Cc1cccc(CNC(=O)[C@@H](C)N)c1.Cl.Cl. The molecule has 0 radical (unpaired) electrons. The monoisotopic (exact) mass is 335 g/mol. The number of benzene rings is 1. The van der Waals surface area contributed by atoms with E-state index in [0.717, 1.165) is 25.2 Å². The third-order valence-electron chi connectivity index (χ3n) is 3.17. The fraction of sp³-hybridized carbons (Fsp3) is 0.533. The number of nitrogens with zero attached hydrogens (tertiary/aromatic N) is 1. The van der Waals surface area contributed by atoms with Crippen molar-refractivity contribution in [3.05, 3.63) is 35.4 Å². The van der Waals surface area contributed by atoms with Crippen LogP contribution in [0.2, 0.25) is 0 Å². The second-order valence-electron chi connectivity index (χ2n) is 4.79. The summed E-state index contributed by atoms with van der Waals surface area (Å²) in [7, 11) is 0. The number of nitrogens with one attached hydrogen (secondary N) is 1. The summed E-state index contributed by atoms with van der Waals surface area (Å²) >= 11 is 0. The second-order valence-corrected chi connectivity index (χ2v) is 4.79. The molecule has 1 aromatic carbocycles. The van der Waals surface area contributed by atoms with E-state index in [9.17, 15) is 4.79 Å². The summed E-state index contributed by atoms with van der Waals surface area (Å²) in [5.41, 5.74) is 7.90. The molecule has 0 aliphatic heterocycles. The molecule has 0 spiro atoms. The fourth-order valence-electron chi connectivity index (χ4n) is 1.89. The molecular formula is C15H27Cl2N3O. The fourth-order valence-corrected chi connectivity index (χ4v) is 1.89. The van der Waals surface area contributed by atoms with E-state index in [4.69, 9.17) is 5.73 Å². The van der Waals surface area contributed by atoms with Crippen molar-refractivity contribution in [3.63, 3.8) is 0 Å². The molecule has 1 rings (SSSR count). The van der Waals surface area contributed by atoms with E-state index in [0.29, 0.717) is 6.54 Å². The average Bonchev–Trinajstić information content (AvgIpc) is 2.42. The normalized spacial score (nSPS) is 11.3. The lowest BCUT2D eigenvalue weighted by Crippen LogP contribution is -2.37. The first-order valence-corrected chi connectivity index (χ1v) is 6.90. The highest BCUT2D eigenvalue weighted by molar-refractivity contribution is 5.85. The standard InChI is InChI=1S/C15H25N3O.2ClH/c1-4-18(5-2)11-14-8-6-7-13(9-14)10-17-15(19)12(3)16;;/h6-9,12H,4-5,10-11,16H2,1-3H3,(H,17,19);2*1H/t12-;;/m1../s1. The van der Waals surface area contributed by atoms with Crippen LogP contribution >= 0.6 is 24.8 Å². The van der Waals surface area contributed by atoms with Crippen LogP contribution in [0.25, 0.3) is 0 Å². The van der Waals surface area contributed by atoms with Gasteiger partial charge in [-0.05, 0) is 31.1 Å². The number of carbonyl (C=O) groups excluding carboxylic acids is 1. The molecule has 0 aliphatic rings. The smallest absolute Gasteiger partial charge is 0.236 e. The Morgan fingerprint density at radius 3 is 2.33 bits per heavy atom. The van der Waals surface area contributed by atoms with E-state index in [-0.39, 0.29) is 30.7 Å². The molecule has 4 nitrogen and oxygen atoms in total. The lowest BCUT2D eigenvalue weighted by atomic mass is 10.1. The number of hydrogen-bond donors (Lipinski definition) is 2. The molecule has 0 saturated carbocycles. The topological polar surface area (TPSA) is 58.4 Å². The van der Waals surface area contributed by atoms with Crippen LogP contribution < -0.4 is 11.1 Å². The van der Waals surface area contributed by atoms with Gasteiger partial charge in [0.25, 0.3) is 0 Å². The Balaban J connectivity index is 0. The Kier molecular flexibility index (Phi) is 12.6. The van der Waals surface area contributed by atoms with Gasteiger partial charge in [-0.3, -0.25) is 9.69 Å². The van der Waals surface area contributed by atoms with Gasteiger partial charge in [0.2, 0.25) is 5.91 Å². The Morgan fingerprint density at radius 1 is 1.24 bits per heavy atom. The minimum atomic E-state index is -0.459. The maximum atomic E-state index is 11.4. The molecule has 122 valence electrons. The first-order chi connectivity index (χ1) is 9.06. The highest BCUT2D eigenvalue weighted by Gasteiger charge is 2.07. The van der Waals surface area contributed by atoms with E-state index in [1.807, 2.05) is 12.1 Å².